The molecule has 0 bridgehead atoms. The lowest BCUT2D eigenvalue weighted by Crippen LogP contribution is -2.01. The predicted molar refractivity (Wildman–Crippen MR) is 211 cm³/mol. The molecule has 4 nitrogen and oxygen atoms in total. The number of thiophene rings is 1. The molecular formula is C44H26N4S2. The lowest BCUT2D eigenvalue weighted by molar-refractivity contribution is 1.08. The Balaban J connectivity index is 1.28. The van der Waals surface area contributed by atoms with Crippen LogP contribution < -0.4 is 0 Å². The lowest BCUT2D eigenvalue weighted by atomic mass is 10.0. The summed E-state index contributed by atoms with van der Waals surface area (Å²) in [6.45, 7) is 0. The second kappa shape index (κ2) is 11.8. The van der Waals surface area contributed by atoms with Crippen LogP contribution in [0.25, 0.3) is 97.0 Å². The lowest BCUT2D eigenvalue weighted by Gasteiger charge is -2.11. The van der Waals surface area contributed by atoms with Crippen molar-refractivity contribution in [2.24, 2.45) is 0 Å². The maximum atomic E-state index is 5.32. The van der Waals surface area contributed by atoms with E-state index in [1.165, 1.54) is 20.2 Å². The summed E-state index contributed by atoms with van der Waals surface area (Å²) in [5.41, 5.74) is 7.07. The second-order valence-corrected chi connectivity index (χ2v) is 14.4. The number of hydrogen-bond acceptors (Lipinski definition) is 6. The summed E-state index contributed by atoms with van der Waals surface area (Å²) in [6, 6.07) is 55.0. The van der Waals surface area contributed by atoms with E-state index in [0.29, 0.717) is 17.5 Å². The second-order valence-electron chi connectivity index (χ2n) is 12.3. The molecule has 3 aromatic heterocycles. The van der Waals surface area contributed by atoms with E-state index in [2.05, 4.69) is 146 Å². The summed E-state index contributed by atoms with van der Waals surface area (Å²) in [5, 5.41) is 5.60. The first-order valence-electron chi connectivity index (χ1n) is 16.5. The Morgan fingerprint density at radius 1 is 0.360 bits per heavy atom. The monoisotopic (exact) mass is 674 g/mol. The van der Waals surface area contributed by atoms with Gasteiger partial charge in [0.05, 0.1) is 15.8 Å². The van der Waals surface area contributed by atoms with Gasteiger partial charge in [0.1, 0.15) is 5.01 Å². The standard InChI is InChI=1S/C44H26N4S2/c1-3-12-27(13-4-1)31-18-11-19-32(24-31)41-46-42(33-23-22-28-14-7-8-17-30(28)25-33)48-43(47-41)39-38-34-20-9-10-21-35(34)49-36(38)26-37-40(39)45-44(50-37)29-15-5-2-6-16-29/h1-26H. The third-order valence-corrected chi connectivity index (χ3v) is 11.3. The van der Waals surface area contributed by atoms with Gasteiger partial charge < -0.3 is 0 Å². The van der Waals surface area contributed by atoms with Gasteiger partial charge in [0, 0.05) is 36.9 Å². The third kappa shape index (κ3) is 4.96. The zero-order valence-electron chi connectivity index (χ0n) is 26.6. The fraction of sp³-hybridized carbons (Fsp3) is 0. The summed E-state index contributed by atoms with van der Waals surface area (Å²) in [6.07, 6.45) is 0. The van der Waals surface area contributed by atoms with Crippen LogP contribution in [0.15, 0.2) is 158 Å². The van der Waals surface area contributed by atoms with Crippen LogP contribution in [0.4, 0.5) is 0 Å². The van der Waals surface area contributed by atoms with E-state index >= 15 is 0 Å². The van der Waals surface area contributed by atoms with Gasteiger partial charge >= 0.3 is 0 Å². The molecule has 0 aliphatic heterocycles. The maximum absolute atomic E-state index is 5.32. The smallest absolute Gasteiger partial charge is 0.167 e. The molecule has 0 unspecified atom stereocenters. The average molecular weight is 675 g/mol. The van der Waals surface area contributed by atoms with Crippen LogP contribution in [0.3, 0.4) is 0 Å². The van der Waals surface area contributed by atoms with Crippen LogP contribution in [0.1, 0.15) is 0 Å². The predicted octanol–water partition coefficient (Wildman–Crippen LogP) is 12.3. The molecule has 50 heavy (non-hydrogen) atoms. The van der Waals surface area contributed by atoms with Gasteiger partial charge in [-0.3, -0.25) is 0 Å². The molecule has 0 saturated carbocycles. The topological polar surface area (TPSA) is 51.6 Å². The third-order valence-electron chi connectivity index (χ3n) is 9.14. The Labute approximate surface area is 296 Å². The summed E-state index contributed by atoms with van der Waals surface area (Å²) in [7, 11) is 0. The van der Waals surface area contributed by atoms with Gasteiger partial charge in [-0.25, -0.2) is 19.9 Å². The van der Waals surface area contributed by atoms with Gasteiger partial charge in [-0.2, -0.15) is 0 Å². The number of rotatable bonds is 5. The van der Waals surface area contributed by atoms with Crippen molar-refractivity contribution in [2.75, 3.05) is 0 Å². The van der Waals surface area contributed by atoms with E-state index in [1.807, 2.05) is 12.1 Å². The Hall–Kier alpha value is -6.08. The van der Waals surface area contributed by atoms with Crippen molar-refractivity contribution in [3.05, 3.63) is 158 Å². The fourth-order valence-electron chi connectivity index (χ4n) is 6.73. The molecule has 10 rings (SSSR count). The number of fused-ring (bicyclic) bond motifs is 5. The normalized spacial score (nSPS) is 11.6. The van der Waals surface area contributed by atoms with Crippen LogP contribution in [-0.4, -0.2) is 19.9 Å². The maximum Gasteiger partial charge on any atom is 0.167 e. The highest BCUT2D eigenvalue weighted by atomic mass is 32.1. The summed E-state index contributed by atoms with van der Waals surface area (Å²) < 4.78 is 3.53. The average Bonchev–Trinajstić information content (AvgIpc) is 3.79. The molecule has 3 heterocycles. The van der Waals surface area contributed by atoms with Crippen molar-refractivity contribution >= 4 is 63.8 Å². The zero-order valence-corrected chi connectivity index (χ0v) is 28.2. The number of aromatic nitrogens is 4. The van der Waals surface area contributed by atoms with Gasteiger partial charge in [0.15, 0.2) is 17.5 Å². The first-order valence-corrected chi connectivity index (χ1v) is 18.1. The van der Waals surface area contributed by atoms with Crippen LogP contribution in [0, 0.1) is 0 Å². The molecule has 7 aromatic carbocycles. The van der Waals surface area contributed by atoms with Crippen molar-refractivity contribution in [1.29, 1.82) is 0 Å². The molecule has 0 fully saturated rings. The van der Waals surface area contributed by atoms with Crippen LogP contribution in [-0.2, 0) is 0 Å². The van der Waals surface area contributed by atoms with Gasteiger partial charge in [-0.1, -0.05) is 133 Å². The molecule has 10 aromatic rings. The number of nitrogens with zero attached hydrogens (tertiary/aromatic N) is 4. The van der Waals surface area contributed by atoms with Gasteiger partial charge in [0.2, 0.25) is 0 Å². The molecule has 0 radical (unpaired) electrons. The van der Waals surface area contributed by atoms with Crippen LogP contribution in [0.2, 0.25) is 0 Å². The summed E-state index contributed by atoms with van der Waals surface area (Å²) in [4.78, 5) is 21.1. The van der Waals surface area contributed by atoms with E-state index < -0.39 is 0 Å². The first kappa shape index (κ1) is 28.9. The van der Waals surface area contributed by atoms with Crippen LogP contribution in [0.5, 0.6) is 0 Å². The highest BCUT2D eigenvalue weighted by Gasteiger charge is 2.23. The largest absolute Gasteiger partial charge is 0.235 e. The van der Waals surface area contributed by atoms with Gasteiger partial charge in [-0.15, -0.1) is 22.7 Å². The van der Waals surface area contributed by atoms with Crippen molar-refractivity contribution in [2.45, 2.75) is 0 Å². The quantitative estimate of drug-likeness (QED) is 0.182. The summed E-state index contributed by atoms with van der Waals surface area (Å²) in [5.74, 6) is 1.87. The number of thiazole rings is 1. The minimum absolute atomic E-state index is 0.618. The molecule has 0 spiro atoms. The SMILES string of the molecule is c1ccc(-c2cccc(-c3nc(-c4ccc5ccccc5c4)nc(-c4c5nc(-c6ccccc6)sc5cc5sc6ccccc6c45)n3)c2)cc1. The molecule has 234 valence electrons. The molecule has 0 N–H and O–H groups in total. The highest BCUT2D eigenvalue weighted by molar-refractivity contribution is 7.27. The van der Waals surface area contributed by atoms with Gasteiger partial charge in [0.25, 0.3) is 0 Å². The molecule has 0 amide bonds. The minimum atomic E-state index is 0.618. The number of benzene rings is 7. The van der Waals surface area contributed by atoms with Crippen LogP contribution >= 0.6 is 22.7 Å². The molecule has 0 saturated heterocycles. The Bertz CT molecular complexity index is 2880. The van der Waals surface area contributed by atoms with Crippen molar-refractivity contribution in [3.63, 3.8) is 0 Å². The number of hydrogen-bond donors (Lipinski definition) is 0. The Morgan fingerprint density at radius 2 is 1.00 bits per heavy atom. The van der Waals surface area contributed by atoms with E-state index in [1.54, 1.807) is 22.7 Å². The van der Waals surface area contributed by atoms with E-state index in [0.717, 1.165) is 59.4 Å². The molecule has 0 atom stereocenters. The van der Waals surface area contributed by atoms with E-state index in [9.17, 15) is 0 Å². The van der Waals surface area contributed by atoms with Gasteiger partial charge in [-0.05, 0) is 46.2 Å². The van der Waals surface area contributed by atoms with E-state index in [-0.39, 0.29) is 0 Å². The van der Waals surface area contributed by atoms with Crippen molar-refractivity contribution < 1.29 is 0 Å². The molecular weight excluding hydrogens is 649 g/mol. The first-order chi connectivity index (χ1) is 24.7. The highest BCUT2D eigenvalue weighted by Crippen LogP contribution is 2.46. The fourth-order valence-corrected chi connectivity index (χ4v) is 8.98. The molecule has 0 aliphatic carbocycles. The molecule has 0 aliphatic rings. The Kier molecular flexibility index (Phi) is 6.82. The van der Waals surface area contributed by atoms with E-state index in [4.69, 9.17) is 19.9 Å². The summed E-state index contributed by atoms with van der Waals surface area (Å²) >= 11 is 3.51. The Morgan fingerprint density at radius 3 is 1.82 bits per heavy atom. The minimum Gasteiger partial charge on any atom is -0.235 e. The molecule has 6 heteroatoms. The zero-order chi connectivity index (χ0) is 33.0. The van der Waals surface area contributed by atoms with Crippen molar-refractivity contribution in [3.8, 4) is 55.9 Å². The van der Waals surface area contributed by atoms with Crippen molar-refractivity contribution in [1.82, 2.24) is 19.9 Å².